The van der Waals surface area contributed by atoms with Crippen molar-refractivity contribution in [1.29, 1.82) is 0 Å². The summed E-state index contributed by atoms with van der Waals surface area (Å²) in [6.07, 6.45) is 2.77. The third kappa shape index (κ3) is 4.13. The summed E-state index contributed by atoms with van der Waals surface area (Å²) in [6.45, 7) is 2.08. The number of rotatable bonds is 6. The second kappa shape index (κ2) is 6.86. The zero-order valence-corrected chi connectivity index (χ0v) is 13.7. The van der Waals surface area contributed by atoms with E-state index in [1.165, 1.54) is 24.0 Å². The first-order valence-electron chi connectivity index (χ1n) is 8.14. The van der Waals surface area contributed by atoms with Crippen LogP contribution < -0.4 is 10.1 Å². The normalized spacial score (nSPS) is 15.0. The van der Waals surface area contributed by atoms with Crippen LogP contribution in [0.4, 0.5) is 0 Å². The molecule has 0 spiro atoms. The molecule has 2 aromatic rings. The first-order valence-corrected chi connectivity index (χ1v) is 8.14. The predicted octanol–water partition coefficient (Wildman–Crippen LogP) is 3.81. The maximum absolute atomic E-state index is 12.4. The number of methoxy groups -OCH3 is 1. The molecule has 1 amide bonds. The fourth-order valence-electron chi connectivity index (χ4n) is 2.87. The summed E-state index contributed by atoms with van der Waals surface area (Å²) in [5.74, 6) is 1.43. The summed E-state index contributed by atoms with van der Waals surface area (Å²) >= 11 is 0. The van der Waals surface area contributed by atoms with Gasteiger partial charge in [0.25, 0.3) is 0 Å². The Kier molecular flexibility index (Phi) is 4.65. The number of carbonyl (C=O) groups excluding carboxylic acids is 1. The SMILES string of the molecule is COc1cccc(CC(=O)NC(c2ccc(C)cc2)C2CC2)c1. The third-order valence-corrected chi connectivity index (χ3v) is 4.35. The minimum Gasteiger partial charge on any atom is -0.497 e. The van der Waals surface area contributed by atoms with Crippen molar-refractivity contribution >= 4 is 5.91 Å². The summed E-state index contributed by atoms with van der Waals surface area (Å²) in [6, 6.07) is 16.3. The number of carbonyl (C=O) groups is 1. The van der Waals surface area contributed by atoms with Gasteiger partial charge < -0.3 is 10.1 Å². The van der Waals surface area contributed by atoms with Gasteiger partial charge in [-0.2, -0.15) is 0 Å². The fourth-order valence-corrected chi connectivity index (χ4v) is 2.87. The zero-order chi connectivity index (χ0) is 16.2. The number of amides is 1. The molecule has 0 aromatic heterocycles. The molecule has 1 saturated carbocycles. The summed E-state index contributed by atoms with van der Waals surface area (Å²) in [4.78, 5) is 12.4. The minimum atomic E-state index is 0.0655. The van der Waals surface area contributed by atoms with Gasteiger partial charge in [-0.1, -0.05) is 42.0 Å². The van der Waals surface area contributed by atoms with Crippen LogP contribution >= 0.6 is 0 Å². The van der Waals surface area contributed by atoms with Crippen LogP contribution in [0.2, 0.25) is 0 Å². The Hall–Kier alpha value is -2.29. The molecule has 0 radical (unpaired) electrons. The topological polar surface area (TPSA) is 38.3 Å². The molecule has 0 heterocycles. The van der Waals surface area contributed by atoms with Crippen LogP contribution in [-0.2, 0) is 11.2 Å². The summed E-state index contributed by atoms with van der Waals surface area (Å²) in [5.41, 5.74) is 3.42. The summed E-state index contributed by atoms with van der Waals surface area (Å²) in [5, 5.41) is 3.22. The quantitative estimate of drug-likeness (QED) is 0.881. The van der Waals surface area contributed by atoms with E-state index >= 15 is 0 Å². The van der Waals surface area contributed by atoms with E-state index in [1.807, 2.05) is 24.3 Å². The van der Waals surface area contributed by atoms with Gasteiger partial charge in [-0.05, 0) is 48.9 Å². The van der Waals surface area contributed by atoms with Gasteiger partial charge in [0.2, 0.25) is 5.91 Å². The molecule has 1 aliphatic rings. The lowest BCUT2D eigenvalue weighted by Crippen LogP contribution is -2.31. The van der Waals surface area contributed by atoms with Crippen molar-refractivity contribution in [2.24, 2.45) is 5.92 Å². The molecule has 2 aromatic carbocycles. The maximum atomic E-state index is 12.4. The van der Waals surface area contributed by atoms with Gasteiger partial charge in [0.15, 0.2) is 0 Å². The van der Waals surface area contributed by atoms with Crippen LogP contribution in [0.25, 0.3) is 0 Å². The van der Waals surface area contributed by atoms with Gasteiger partial charge in [0.05, 0.1) is 19.6 Å². The predicted molar refractivity (Wildman–Crippen MR) is 91.5 cm³/mol. The second-order valence-corrected chi connectivity index (χ2v) is 6.32. The molecule has 23 heavy (non-hydrogen) atoms. The van der Waals surface area contributed by atoms with Crippen molar-refractivity contribution < 1.29 is 9.53 Å². The molecule has 1 atom stereocenters. The molecule has 3 nitrogen and oxygen atoms in total. The fraction of sp³-hybridized carbons (Fsp3) is 0.350. The molecule has 120 valence electrons. The van der Waals surface area contributed by atoms with E-state index in [0.717, 1.165) is 11.3 Å². The largest absolute Gasteiger partial charge is 0.497 e. The average molecular weight is 309 g/mol. The van der Waals surface area contributed by atoms with Crippen LogP contribution in [-0.4, -0.2) is 13.0 Å². The van der Waals surface area contributed by atoms with Gasteiger partial charge in [-0.15, -0.1) is 0 Å². The zero-order valence-electron chi connectivity index (χ0n) is 13.7. The van der Waals surface area contributed by atoms with E-state index in [1.54, 1.807) is 7.11 Å². The van der Waals surface area contributed by atoms with Crippen LogP contribution in [0.5, 0.6) is 5.75 Å². The second-order valence-electron chi connectivity index (χ2n) is 6.32. The lowest BCUT2D eigenvalue weighted by molar-refractivity contribution is -0.121. The average Bonchev–Trinajstić information content (AvgIpc) is 3.38. The van der Waals surface area contributed by atoms with Crippen molar-refractivity contribution in [1.82, 2.24) is 5.32 Å². The lowest BCUT2D eigenvalue weighted by atomic mass is 10.0. The molecular formula is C20H23NO2. The number of aryl methyl sites for hydroxylation is 1. The van der Waals surface area contributed by atoms with Gasteiger partial charge >= 0.3 is 0 Å². The van der Waals surface area contributed by atoms with E-state index in [0.29, 0.717) is 12.3 Å². The maximum Gasteiger partial charge on any atom is 0.224 e. The molecule has 0 bridgehead atoms. The Labute approximate surface area is 137 Å². The van der Waals surface area contributed by atoms with Crippen LogP contribution in [0.15, 0.2) is 48.5 Å². The smallest absolute Gasteiger partial charge is 0.224 e. The first-order chi connectivity index (χ1) is 11.2. The van der Waals surface area contributed by atoms with Gasteiger partial charge in [-0.25, -0.2) is 0 Å². The standard InChI is InChI=1S/C20H23NO2/c1-14-6-8-16(9-7-14)20(17-10-11-17)21-19(22)13-15-4-3-5-18(12-15)23-2/h3-9,12,17,20H,10-11,13H2,1-2H3,(H,21,22). The van der Waals surface area contributed by atoms with Gasteiger partial charge in [-0.3, -0.25) is 4.79 Å². The number of ether oxygens (including phenoxy) is 1. The molecule has 1 aliphatic carbocycles. The molecule has 3 heteroatoms. The number of benzene rings is 2. The molecule has 1 fully saturated rings. The summed E-state index contributed by atoms with van der Waals surface area (Å²) in [7, 11) is 1.64. The van der Waals surface area contributed by atoms with Crippen molar-refractivity contribution in [2.75, 3.05) is 7.11 Å². The van der Waals surface area contributed by atoms with E-state index in [9.17, 15) is 4.79 Å². The van der Waals surface area contributed by atoms with Crippen LogP contribution in [0.1, 0.15) is 35.6 Å². The Balaban J connectivity index is 1.67. The Bertz CT molecular complexity index is 674. The molecular weight excluding hydrogens is 286 g/mol. The summed E-state index contributed by atoms with van der Waals surface area (Å²) < 4.78 is 5.21. The first kappa shape index (κ1) is 15.6. The van der Waals surface area contributed by atoms with E-state index in [4.69, 9.17) is 4.74 Å². The molecule has 0 aliphatic heterocycles. The van der Waals surface area contributed by atoms with E-state index in [2.05, 4.69) is 36.5 Å². The number of hydrogen-bond donors (Lipinski definition) is 1. The minimum absolute atomic E-state index is 0.0655. The van der Waals surface area contributed by atoms with Crippen molar-refractivity contribution in [3.63, 3.8) is 0 Å². The Morgan fingerprint density at radius 1 is 1.22 bits per heavy atom. The van der Waals surface area contributed by atoms with E-state index in [-0.39, 0.29) is 11.9 Å². The number of nitrogens with one attached hydrogen (secondary N) is 1. The van der Waals surface area contributed by atoms with Crippen LogP contribution in [0.3, 0.4) is 0 Å². The molecule has 3 rings (SSSR count). The lowest BCUT2D eigenvalue weighted by Gasteiger charge is -2.19. The molecule has 0 saturated heterocycles. The van der Waals surface area contributed by atoms with E-state index < -0.39 is 0 Å². The highest BCUT2D eigenvalue weighted by Gasteiger charge is 2.33. The van der Waals surface area contributed by atoms with Gasteiger partial charge in [0, 0.05) is 0 Å². The molecule has 1 N–H and O–H groups in total. The highest BCUT2D eigenvalue weighted by molar-refractivity contribution is 5.79. The van der Waals surface area contributed by atoms with Gasteiger partial charge in [0.1, 0.15) is 5.75 Å². The Morgan fingerprint density at radius 2 is 1.96 bits per heavy atom. The van der Waals surface area contributed by atoms with Crippen molar-refractivity contribution in [2.45, 2.75) is 32.2 Å². The molecule has 1 unspecified atom stereocenters. The highest BCUT2D eigenvalue weighted by atomic mass is 16.5. The van der Waals surface area contributed by atoms with Crippen molar-refractivity contribution in [3.05, 3.63) is 65.2 Å². The number of hydrogen-bond acceptors (Lipinski definition) is 2. The van der Waals surface area contributed by atoms with Crippen molar-refractivity contribution in [3.8, 4) is 5.75 Å². The monoisotopic (exact) mass is 309 g/mol. The Morgan fingerprint density at radius 3 is 2.61 bits per heavy atom. The highest BCUT2D eigenvalue weighted by Crippen LogP contribution is 2.41. The third-order valence-electron chi connectivity index (χ3n) is 4.35. The van der Waals surface area contributed by atoms with Crippen LogP contribution in [0, 0.1) is 12.8 Å².